The zero-order valence-corrected chi connectivity index (χ0v) is 14.4. The van der Waals surface area contributed by atoms with Crippen LogP contribution in [0.4, 0.5) is 0 Å². The molecule has 2 aromatic rings. The van der Waals surface area contributed by atoms with Gasteiger partial charge in [0, 0.05) is 37.9 Å². The van der Waals surface area contributed by atoms with Gasteiger partial charge >= 0.3 is 0 Å². The molecule has 0 radical (unpaired) electrons. The van der Waals surface area contributed by atoms with Gasteiger partial charge in [-0.25, -0.2) is 0 Å². The molecule has 0 fully saturated rings. The standard InChI is InChI=1S/C14H20BrN5O/c1-5-19-10(3)11(7-16-19)9-18(4)14(21)13-12(15)8-17-20(13)6-2/h7-8H,5-6,9H2,1-4H3. The van der Waals surface area contributed by atoms with E-state index in [1.54, 1.807) is 22.8 Å². The van der Waals surface area contributed by atoms with Gasteiger partial charge in [-0.05, 0) is 36.7 Å². The van der Waals surface area contributed by atoms with Crippen LogP contribution in [0.2, 0.25) is 0 Å². The van der Waals surface area contributed by atoms with E-state index in [1.165, 1.54) is 0 Å². The summed E-state index contributed by atoms with van der Waals surface area (Å²) in [5, 5.41) is 8.50. The molecule has 0 saturated heterocycles. The van der Waals surface area contributed by atoms with Crippen molar-refractivity contribution in [3.05, 3.63) is 33.8 Å². The van der Waals surface area contributed by atoms with E-state index in [2.05, 4.69) is 33.1 Å². The van der Waals surface area contributed by atoms with Crippen LogP contribution in [0.25, 0.3) is 0 Å². The molecular weight excluding hydrogens is 334 g/mol. The Kier molecular flexibility index (Phi) is 4.82. The molecule has 0 bridgehead atoms. The minimum Gasteiger partial charge on any atom is -0.336 e. The summed E-state index contributed by atoms with van der Waals surface area (Å²) >= 11 is 3.39. The molecule has 21 heavy (non-hydrogen) atoms. The van der Waals surface area contributed by atoms with Crippen molar-refractivity contribution in [2.45, 2.75) is 40.4 Å². The average Bonchev–Trinajstić information content (AvgIpc) is 3.01. The number of halogens is 1. The largest absolute Gasteiger partial charge is 0.336 e. The van der Waals surface area contributed by atoms with Gasteiger partial charge in [0.15, 0.2) is 0 Å². The molecule has 2 heterocycles. The van der Waals surface area contributed by atoms with Crippen molar-refractivity contribution in [3.8, 4) is 0 Å². The Morgan fingerprint density at radius 2 is 1.86 bits per heavy atom. The van der Waals surface area contributed by atoms with Gasteiger partial charge in [0.1, 0.15) is 5.69 Å². The number of amides is 1. The molecule has 2 aromatic heterocycles. The first kappa shape index (κ1) is 15.8. The summed E-state index contributed by atoms with van der Waals surface area (Å²) in [4.78, 5) is 14.3. The Bertz CT molecular complexity index is 646. The van der Waals surface area contributed by atoms with E-state index in [0.717, 1.165) is 22.3 Å². The molecule has 0 aliphatic carbocycles. The Morgan fingerprint density at radius 1 is 1.24 bits per heavy atom. The van der Waals surface area contributed by atoms with Gasteiger partial charge in [-0.1, -0.05) is 0 Å². The summed E-state index contributed by atoms with van der Waals surface area (Å²) in [6, 6.07) is 0. The van der Waals surface area contributed by atoms with Gasteiger partial charge in [-0.15, -0.1) is 0 Å². The zero-order chi connectivity index (χ0) is 15.6. The third-order valence-electron chi connectivity index (χ3n) is 3.56. The van der Waals surface area contributed by atoms with Crippen LogP contribution in [0.5, 0.6) is 0 Å². The molecule has 2 rings (SSSR count). The van der Waals surface area contributed by atoms with E-state index in [9.17, 15) is 4.79 Å². The summed E-state index contributed by atoms with van der Waals surface area (Å²) in [6.07, 6.45) is 3.49. The fourth-order valence-corrected chi connectivity index (χ4v) is 2.75. The number of carbonyl (C=O) groups excluding carboxylic acids is 1. The van der Waals surface area contributed by atoms with Crippen molar-refractivity contribution < 1.29 is 4.79 Å². The first-order valence-corrected chi connectivity index (χ1v) is 7.76. The maximum Gasteiger partial charge on any atom is 0.273 e. The van der Waals surface area contributed by atoms with E-state index in [4.69, 9.17) is 0 Å². The molecule has 7 heteroatoms. The monoisotopic (exact) mass is 353 g/mol. The maximum absolute atomic E-state index is 12.6. The van der Waals surface area contributed by atoms with Gasteiger partial charge in [0.2, 0.25) is 0 Å². The molecule has 0 aliphatic rings. The SMILES string of the molecule is CCn1ncc(CN(C)C(=O)c2c(Br)cnn2CC)c1C. The first-order chi connectivity index (χ1) is 9.99. The molecule has 1 amide bonds. The predicted octanol–water partition coefficient (Wildman–Crippen LogP) is 2.46. The summed E-state index contributed by atoms with van der Waals surface area (Å²) in [5.41, 5.74) is 2.74. The normalized spacial score (nSPS) is 10.9. The van der Waals surface area contributed by atoms with Crippen molar-refractivity contribution in [3.63, 3.8) is 0 Å². The molecular formula is C14H20BrN5O. The number of rotatable bonds is 5. The third kappa shape index (κ3) is 3.02. The van der Waals surface area contributed by atoms with Crippen LogP contribution in [0.3, 0.4) is 0 Å². The van der Waals surface area contributed by atoms with Crippen molar-refractivity contribution in [2.75, 3.05) is 7.05 Å². The fraction of sp³-hybridized carbons (Fsp3) is 0.500. The van der Waals surface area contributed by atoms with Crippen LogP contribution in [0.15, 0.2) is 16.9 Å². The van der Waals surface area contributed by atoms with Crippen LogP contribution in [-0.4, -0.2) is 37.4 Å². The average molecular weight is 354 g/mol. The number of nitrogens with zero attached hydrogens (tertiary/aromatic N) is 5. The highest BCUT2D eigenvalue weighted by Gasteiger charge is 2.21. The van der Waals surface area contributed by atoms with E-state index >= 15 is 0 Å². The Hall–Kier alpha value is -1.63. The van der Waals surface area contributed by atoms with Gasteiger partial charge in [0.05, 0.1) is 16.9 Å². The molecule has 0 aromatic carbocycles. The number of carbonyl (C=O) groups is 1. The second-order valence-corrected chi connectivity index (χ2v) is 5.74. The molecule has 0 N–H and O–H groups in total. The number of hydrogen-bond donors (Lipinski definition) is 0. The van der Waals surface area contributed by atoms with Gasteiger partial charge in [-0.3, -0.25) is 14.2 Å². The van der Waals surface area contributed by atoms with E-state index in [-0.39, 0.29) is 5.91 Å². The second kappa shape index (κ2) is 6.43. The van der Waals surface area contributed by atoms with Crippen LogP contribution >= 0.6 is 15.9 Å². The number of aryl methyl sites for hydroxylation is 2. The summed E-state index contributed by atoms with van der Waals surface area (Å²) in [5.74, 6) is -0.0510. The Balaban J connectivity index is 2.19. The van der Waals surface area contributed by atoms with Gasteiger partial charge in [-0.2, -0.15) is 10.2 Å². The minimum atomic E-state index is -0.0510. The molecule has 0 spiro atoms. The van der Waals surface area contributed by atoms with E-state index in [0.29, 0.717) is 18.8 Å². The van der Waals surface area contributed by atoms with E-state index in [1.807, 2.05) is 24.7 Å². The highest BCUT2D eigenvalue weighted by Crippen LogP contribution is 2.19. The highest BCUT2D eigenvalue weighted by molar-refractivity contribution is 9.10. The maximum atomic E-state index is 12.6. The van der Waals surface area contributed by atoms with Crippen molar-refractivity contribution >= 4 is 21.8 Å². The number of aromatic nitrogens is 4. The summed E-state index contributed by atoms with van der Waals surface area (Å²) < 4.78 is 4.35. The first-order valence-electron chi connectivity index (χ1n) is 6.97. The molecule has 0 aliphatic heterocycles. The third-order valence-corrected chi connectivity index (χ3v) is 4.14. The van der Waals surface area contributed by atoms with Crippen molar-refractivity contribution in [1.29, 1.82) is 0 Å². The summed E-state index contributed by atoms with van der Waals surface area (Å²) in [7, 11) is 1.80. The van der Waals surface area contributed by atoms with Crippen LogP contribution < -0.4 is 0 Å². The summed E-state index contributed by atoms with van der Waals surface area (Å²) in [6.45, 7) is 8.06. The van der Waals surface area contributed by atoms with Crippen LogP contribution in [-0.2, 0) is 19.6 Å². The lowest BCUT2D eigenvalue weighted by atomic mass is 10.2. The highest BCUT2D eigenvalue weighted by atomic mass is 79.9. The topological polar surface area (TPSA) is 56.0 Å². The predicted molar refractivity (Wildman–Crippen MR) is 84.0 cm³/mol. The smallest absolute Gasteiger partial charge is 0.273 e. The van der Waals surface area contributed by atoms with Gasteiger partial charge < -0.3 is 4.90 Å². The van der Waals surface area contributed by atoms with Gasteiger partial charge in [0.25, 0.3) is 5.91 Å². The Labute approximate surface area is 132 Å². The minimum absolute atomic E-state index is 0.0510. The fourth-order valence-electron chi connectivity index (χ4n) is 2.28. The number of hydrogen-bond acceptors (Lipinski definition) is 3. The molecule has 0 unspecified atom stereocenters. The van der Waals surface area contributed by atoms with E-state index < -0.39 is 0 Å². The molecule has 114 valence electrons. The quantitative estimate of drug-likeness (QED) is 0.829. The van der Waals surface area contributed by atoms with Crippen LogP contribution in [0.1, 0.15) is 35.6 Å². The lowest BCUT2D eigenvalue weighted by Gasteiger charge is -2.18. The second-order valence-electron chi connectivity index (χ2n) is 4.89. The molecule has 6 nitrogen and oxygen atoms in total. The van der Waals surface area contributed by atoms with Crippen LogP contribution in [0, 0.1) is 6.92 Å². The Morgan fingerprint density at radius 3 is 2.43 bits per heavy atom. The van der Waals surface area contributed by atoms with Crippen molar-refractivity contribution in [2.24, 2.45) is 0 Å². The lowest BCUT2D eigenvalue weighted by Crippen LogP contribution is -2.29. The zero-order valence-electron chi connectivity index (χ0n) is 12.8. The molecule has 0 atom stereocenters. The van der Waals surface area contributed by atoms with Crippen molar-refractivity contribution in [1.82, 2.24) is 24.5 Å². The lowest BCUT2D eigenvalue weighted by molar-refractivity contribution is 0.0771. The molecule has 0 saturated carbocycles.